The first kappa shape index (κ1) is 12.1. The van der Waals surface area contributed by atoms with Crippen LogP contribution in [0.15, 0.2) is 0 Å². The van der Waals surface area contributed by atoms with Gasteiger partial charge in [0.05, 0.1) is 0 Å². The van der Waals surface area contributed by atoms with Gasteiger partial charge in [-0.1, -0.05) is 12.8 Å². The molecule has 4 nitrogen and oxygen atoms in total. The van der Waals surface area contributed by atoms with Gasteiger partial charge in [0.15, 0.2) is 0 Å². The van der Waals surface area contributed by atoms with Gasteiger partial charge in [-0.3, -0.25) is 0 Å². The Morgan fingerprint density at radius 3 is 2.24 bits per heavy atom. The van der Waals surface area contributed by atoms with Gasteiger partial charge in [-0.15, -0.1) is 0 Å². The Labute approximate surface area is 103 Å². The molecule has 4 heteroatoms. The van der Waals surface area contributed by atoms with Crippen molar-refractivity contribution in [3.63, 3.8) is 0 Å². The Morgan fingerprint density at radius 2 is 1.65 bits per heavy atom. The predicted molar refractivity (Wildman–Crippen MR) is 71.5 cm³/mol. The number of hydrogen-bond donors (Lipinski definition) is 2. The lowest BCUT2D eigenvalue weighted by molar-refractivity contribution is 0.530. The highest BCUT2D eigenvalue weighted by atomic mass is 15.1. The lowest BCUT2D eigenvalue weighted by Crippen LogP contribution is -2.32. The topological polar surface area (TPSA) is 49.8 Å². The van der Waals surface area contributed by atoms with Gasteiger partial charge in [0.2, 0.25) is 0 Å². The van der Waals surface area contributed by atoms with Crippen molar-refractivity contribution in [3.8, 4) is 0 Å². The Hall–Kier alpha value is -1.32. The third-order valence-electron chi connectivity index (χ3n) is 3.62. The SMILES string of the molecule is CNc1nc(C)nc(NC2(C)CCCC2)c1C. The van der Waals surface area contributed by atoms with E-state index in [9.17, 15) is 0 Å². The highest BCUT2D eigenvalue weighted by Gasteiger charge is 2.29. The van der Waals surface area contributed by atoms with E-state index in [2.05, 4.69) is 34.4 Å². The molecule has 94 valence electrons. The summed E-state index contributed by atoms with van der Waals surface area (Å²) >= 11 is 0. The quantitative estimate of drug-likeness (QED) is 0.844. The van der Waals surface area contributed by atoms with Crippen LogP contribution in [0.2, 0.25) is 0 Å². The molecular weight excluding hydrogens is 212 g/mol. The summed E-state index contributed by atoms with van der Waals surface area (Å²) in [6.45, 7) is 6.28. The lowest BCUT2D eigenvalue weighted by Gasteiger charge is -2.27. The molecule has 1 aromatic rings. The fourth-order valence-electron chi connectivity index (χ4n) is 2.56. The second-order valence-electron chi connectivity index (χ2n) is 5.24. The molecule has 2 N–H and O–H groups in total. The summed E-state index contributed by atoms with van der Waals surface area (Å²) in [4.78, 5) is 8.91. The van der Waals surface area contributed by atoms with Crippen LogP contribution in [0.4, 0.5) is 11.6 Å². The van der Waals surface area contributed by atoms with Gasteiger partial charge in [0.1, 0.15) is 17.5 Å². The van der Waals surface area contributed by atoms with Crippen LogP contribution in [0, 0.1) is 13.8 Å². The minimum atomic E-state index is 0.205. The number of nitrogens with one attached hydrogen (secondary N) is 2. The van der Waals surface area contributed by atoms with E-state index in [0.717, 1.165) is 23.0 Å². The summed E-state index contributed by atoms with van der Waals surface area (Å²) in [7, 11) is 1.90. The molecule has 0 saturated heterocycles. The summed E-state index contributed by atoms with van der Waals surface area (Å²) in [6.07, 6.45) is 5.08. The molecule has 1 heterocycles. The highest BCUT2D eigenvalue weighted by molar-refractivity contribution is 5.57. The van der Waals surface area contributed by atoms with E-state index in [4.69, 9.17) is 0 Å². The third-order valence-corrected chi connectivity index (χ3v) is 3.62. The van der Waals surface area contributed by atoms with E-state index in [1.165, 1.54) is 25.7 Å². The molecular formula is C13H22N4. The van der Waals surface area contributed by atoms with Crippen molar-refractivity contribution >= 4 is 11.6 Å². The van der Waals surface area contributed by atoms with E-state index in [1.807, 2.05) is 14.0 Å². The number of aromatic nitrogens is 2. The minimum absolute atomic E-state index is 0.205. The monoisotopic (exact) mass is 234 g/mol. The Bertz CT molecular complexity index is 408. The first-order valence-corrected chi connectivity index (χ1v) is 6.35. The predicted octanol–water partition coefficient (Wildman–Crippen LogP) is 2.88. The van der Waals surface area contributed by atoms with Crippen LogP contribution in [0.1, 0.15) is 44.0 Å². The molecule has 1 aliphatic carbocycles. The number of nitrogens with zero attached hydrogens (tertiary/aromatic N) is 2. The number of anilines is 2. The lowest BCUT2D eigenvalue weighted by atomic mass is 10.0. The van der Waals surface area contributed by atoms with Crippen molar-refractivity contribution < 1.29 is 0 Å². The first-order chi connectivity index (χ1) is 8.04. The van der Waals surface area contributed by atoms with Crippen molar-refractivity contribution in [2.75, 3.05) is 17.7 Å². The molecule has 0 unspecified atom stereocenters. The molecule has 0 atom stereocenters. The minimum Gasteiger partial charge on any atom is -0.373 e. The largest absolute Gasteiger partial charge is 0.373 e. The Balaban J connectivity index is 2.28. The van der Waals surface area contributed by atoms with Crippen LogP contribution in [0.5, 0.6) is 0 Å². The van der Waals surface area contributed by atoms with Crippen LogP contribution in [0.25, 0.3) is 0 Å². The van der Waals surface area contributed by atoms with Crippen LogP contribution in [0.3, 0.4) is 0 Å². The van der Waals surface area contributed by atoms with Crippen molar-refractivity contribution in [2.45, 2.75) is 52.0 Å². The van der Waals surface area contributed by atoms with Gasteiger partial charge in [0.25, 0.3) is 0 Å². The van der Waals surface area contributed by atoms with Crippen molar-refractivity contribution in [1.29, 1.82) is 0 Å². The van der Waals surface area contributed by atoms with Crippen molar-refractivity contribution in [2.24, 2.45) is 0 Å². The molecule has 0 aliphatic heterocycles. The van der Waals surface area contributed by atoms with E-state index in [-0.39, 0.29) is 5.54 Å². The average molecular weight is 234 g/mol. The average Bonchev–Trinajstić information content (AvgIpc) is 2.70. The van der Waals surface area contributed by atoms with Gasteiger partial charge in [-0.25, -0.2) is 9.97 Å². The van der Waals surface area contributed by atoms with E-state index >= 15 is 0 Å². The molecule has 1 aliphatic rings. The summed E-state index contributed by atoms with van der Waals surface area (Å²) in [5.41, 5.74) is 1.31. The Morgan fingerprint density at radius 1 is 1.06 bits per heavy atom. The van der Waals surface area contributed by atoms with Crippen LogP contribution in [-0.4, -0.2) is 22.6 Å². The number of aryl methyl sites for hydroxylation is 1. The zero-order valence-corrected chi connectivity index (χ0v) is 11.2. The normalized spacial score (nSPS) is 18.1. The van der Waals surface area contributed by atoms with Gasteiger partial charge in [-0.2, -0.15) is 0 Å². The maximum Gasteiger partial charge on any atom is 0.135 e. The zero-order valence-electron chi connectivity index (χ0n) is 11.2. The molecule has 0 spiro atoms. The molecule has 0 bridgehead atoms. The van der Waals surface area contributed by atoms with Gasteiger partial charge < -0.3 is 10.6 Å². The summed E-state index contributed by atoms with van der Waals surface area (Å²) in [5, 5.41) is 6.73. The molecule has 2 rings (SSSR count). The molecule has 1 aromatic heterocycles. The van der Waals surface area contributed by atoms with Crippen molar-refractivity contribution in [1.82, 2.24) is 9.97 Å². The zero-order chi connectivity index (χ0) is 12.5. The molecule has 17 heavy (non-hydrogen) atoms. The molecule has 0 radical (unpaired) electrons. The molecule has 0 aromatic carbocycles. The van der Waals surface area contributed by atoms with Gasteiger partial charge in [-0.05, 0) is 33.6 Å². The fraction of sp³-hybridized carbons (Fsp3) is 0.692. The maximum absolute atomic E-state index is 4.53. The smallest absolute Gasteiger partial charge is 0.135 e. The number of hydrogen-bond acceptors (Lipinski definition) is 4. The van der Waals surface area contributed by atoms with Crippen LogP contribution >= 0.6 is 0 Å². The second-order valence-corrected chi connectivity index (χ2v) is 5.24. The fourth-order valence-corrected chi connectivity index (χ4v) is 2.56. The second kappa shape index (κ2) is 4.51. The van der Waals surface area contributed by atoms with E-state index in [0.29, 0.717) is 0 Å². The molecule has 1 saturated carbocycles. The number of rotatable bonds is 3. The van der Waals surface area contributed by atoms with Crippen molar-refractivity contribution in [3.05, 3.63) is 11.4 Å². The first-order valence-electron chi connectivity index (χ1n) is 6.35. The summed E-state index contributed by atoms with van der Waals surface area (Å²) < 4.78 is 0. The van der Waals surface area contributed by atoms with Crippen LogP contribution < -0.4 is 10.6 Å². The Kier molecular flexibility index (Phi) is 3.22. The van der Waals surface area contributed by atoms with E-state index < -0.39 is 0 Å². The summed E-state index contributed by atoms with van der Waals surface area (Å²) in [6, 6.07) is 0. The standard InChI is InChI=1S/C13H22N4/c1-9-11(14-4)15-10(2)16-12(9)17-13(3)7-5-6-8-13/h5-8H2,1-4H3,(H2,14,15,16,17). The highest BCUT2D eigenvalue weighted by Crippen LogP contribution is 2.33. The van der Waals surface area contributed by atoms with Crippen LogP contribution in [-0.2, 0) is 0 Å². The maximum atomic E-state index is 4.53. The molecule has 1 fully saturated rings. The third kappa shape index (κ3) is 2.51. The van der Waals surface area contributed by atoms with E-state index in [1.54, 1.807) is 0 Å². The summed E-state index contributed by atoms with van der Waals surface area (Å²) in [5.74, 6) is 2.71. The molecule has 0 amide bonds. The van der Waals surface area contributed by atoms with Gasteiger partial charge >= 0.3 is 0 Å². The van der Waals surface area contributed by atoms with Gasteiger partial charge in [0, 0.05) is 18.2 Å².